The largest absolute Gasteiger partial charge is 0.487 e. The van der Waals surface area contributed by atoms with E-state index in [0.29, 0.717) is 34.3 Å². The minimum Gasteiger partial charge on any atom is -0.487 e. The highest BCUT2D eigenvalue weighted by Gasteiger charge is 2.21. The molecule has 3 aromatic rings. The number of nitrogens with one attached hydrogen (secondary N) is 2. The summed E-state index contributed by atoms with van der Waals surface area (Å²) in [5.41, 5.74) is 1.58. The van der Waals surface area contributed by atoms with Gasteiger partial charge in [-0.05, 0) is 49.4 Å². The summed E-state index contributed by atoms with van der Waals surface area (Å²) >= 11 is 6.00. The Kier molecular flexibility index (Phi) is 7.58. The molecule has 1 aromatic heterocycles. The molecular weight excluding hydrogens is 422 g/mol. The van der Waals surface area contributed by atoms with Crippen molar-refractivity contribution in [2.45, 2.75) is 13.5 Å². The maximum Gasteiger partial charge on any atom is 0.274 e. The molecule has 31 heavy (non-hydrogen) atoms. The normalized spacial score (nSPS) is 10.5. The first-order valence-corrected chi connectivity index (χ1v) is 10.0. The van der Waals surface area contributed by atoms with Crippen LogP contribution in [0.3, 0.4) is 0 Å². The Hall–Kier alpha value is -3.43. The number of benzene rings is 2. The molecule has 0 aliphatic heterocycles. The number of carbonyl (C=O) groups is 2. The molecule has 10 heteroatoms. The topological polar surface area (TPSA) is 118 Å². The smallest absolute Gasteiger partial charge is 0.274 e. The Balaban J connectivity index is 1.90. The third-order valence-corrected chi connectivity index (χ3v) is 4.49. The van der Waals surface area contributed by atoms with E-state index in [4.69, 9.17) is 21.4 Å². The van der Waals surface area contributed by atoms with E-state index in [1.807, 2.05) is 6.92 Å². The molecule has 3 rings (SSSR count). The Labute approximate surface area is 184 Å². The van der Waals surface area contributed by atoms with Crippen molar-refractivity contribution in [3.05, 3.63) is 70.5 Å². The number of aliphatic hydroxyl groups excluding tert-OH is 1. The summed E-state index contributed by atoms with van der Waals surface area (Å²) in [4.78, 5) is 24.5. The Morgan fingerprint density at radius 2 is 1.90 bits per heavy atom. The van der Waals surface area contributed by atoms with Gasteiger partial charge in [0.15, 0.2) is 5.69 Å². The molecule has 0 fully saturated rings. The number of rotatable bonds is 9. The summed E-state index contributed by atoms with van der Waals surface area (Å²) in [6, 6.07) is 13.6. The van der Waals surface area contributed by atoms with Crippen LogP contribution < -0.4 is 15.4 Å². The molecule has 0 aliphatic carbocycles. The highest BCUT2D eigenvalue weighted by atomic mass is 35.5. The molecule has 0 radical (unpaired) electrons. The van der Waals surface area contributed by atoms with Gasteiger partial charge in [-0.1, -0.05) is 22.9 Å². The standard InChI is InChI=1S/C21H22ClN5O4/c1-2-23-20(29)14-6-8-16(9-7-14)27-18(13-31-17-5-3-4-15(22)12-17)19(25-26-27)21(30)24-10-11-28/h3-9,12,28H,2,10-11,13H2,1H3,(H,23,29)(H,24,30). The van der Waals surface area contributed by atoms with Gasteiger partial charge in [0.05, 0.1) is 12.3 Å². The third kappa shape index (κ3) is 5.59. The number of hydrogen-bond acceptors (Lipinski definition) is 6. The van der Waals surface area contributed by atoms with E-state index < -0.39 is 5.91 Å². The monoisotopic (exact) mass is 443 g/mol. The van der Waals surface area contributed by atoms with Crippen LogP contribution in [0.2, 0.25) is 5.02 Å². The first-order valence-electron chi connectivity index (χ1n) is 9.64. The van der Waals surface area contributed by atoms with Crippen molar-refractivity contribution in [2.24, 2.45) is 0 Å². The summed E-state index contributed by atoms with van der Waals surface area (Å²) in [7, 11) is 0. The summed E-state index contributed by atoms with van der Waals surface area (Å²) in [5.74, 6) is -0.140. The molecule has 0 aliphatic rings. The van der Waals surface area contributed by atoms with Crippen LogP contribution in [-0.2, 0) is 6.61 Å². The molecule has 0 saturated carbocycles. The molecule has 0 bridgehead atoms. The van der Waals surface area contributed by atoms with E-state index in [-0.39, 0.29) is 31.4 Å². The molecule has 3 N–H and O–H groups in total. The van der Waals surface area contributed by atoms with Crippen LogP contribution in [0.25, 0.3) is 5.69 Å². The summed E-state index contributed by atoms with van der Waals surface area (Å²) < 4.78 is 7.28. The van der Waals surface area contributed by atoms with Gasteiger partial charge >= 0.3 is 0 Å². The van der Waals surface area contributed by atoms with Crippen LogP contribution in [0.4, 0.5) is 0 Å². The summed E-state index contributed by atoms with van der Waals surface area (Å²) in [5, 5.41) is 22.9. The molecular formula is C21H22ClN5O4. The number of amides is 2. The van der Waals surface area contributed by atoms with Gasteiger partial charge in [-0.3, -0.25) is 9.59 Å². The lowest BCUT2D eigenvalue weighted by Gasteiger charge is -2.11. The zero-order valence-electron chi connectivity index (χ0n) is 16.8. The predicted molar refractivity (Wildman–Crippen MR) is 115 cm³/mol. The molecule has 1 heterocycles. The van der Waals surface area contributed by atoms with E-state index in [1.54, 1.807) is 48.5 Å². The van der Waals surface area contributed by atoms with Crippen molar-refractivity contribution in [3.63, 3.8) is 0 Å². The minimum absolute atomic E-state index is 0.00665. The van der Waals surface area contributed by atoms with E-state index in [1.165, 1.54) is 4.68 Å². The second-order valence-corrected chi connectivity index (χ2v) is 6.86. The Morgan fingerprint density at radius 1 is 1.13 bits per heavy atom. The van der Waals surface area contributed by atoms with Gasteiger partial charge < -0.3 is 20.5 Å². The van der Waals surface area contributed by atoms with Crippen LogP contribution in [0.15, 0.2) is 48.5 Å². The van der Waals surface area contributed by atoms with Crippen LogP contribution in [-0.4, -0.2) is 51.6 Å². The number of ether oxygens (including phenoxy) is 1. The molecule has 0 spiro atoms. The van der Waals surface area contributed by atoms with Gasteiger partial charge in [-0.15, -0.1) is 5.10 Å². The number of nitrogens with zero attached hydrogens (tertiary/aromatic N) is 3. The van der Waals surface area contributed by atoms with Gasteiger partial charge in [-0.2, -0.15) is 0 Å². The lowest BCUT2D eigenvalue weighted by molar-refractivity contribution is 0.0934. The fourth-order valence-electron chi connectivity index (χ4n) is 2.79. The average Bonchev–Trinajstić information content (AvgIpc) is 3.20. The van der Waals surface area contributed by atoms with Crippen molar-refractivity contribution in [2.75, 3.05) is 19.7 Å². The Morgan fingerprint density at radius 3 is 2.58 bits per heavy atom. The Bertz CT molecular complexity index is 1050. The summed E-state index contributed by atoms with van der Waals surface area (Å²) in [6.45, 7) is 2.25. The first-order chi connectivity index (χ1) is 15.0. The lowest BCUT2D eigenvalue weighted by atomic mass is 10.2. The van der Waals surface area contributed by atoms with Crippen LogP contribution in [0.5, 0.6) is 5.75 Å². The van der Waals surface area contributed by atoms with Crippen molar-refractivity contribution in [3.8, 4) is 11.4 Å². The van der Waals surface area contributed by atoms with E-state index in [9.17, 15) is 9.59 Å². The second-order valence-electron chi connectivity index (χ2n) is 6.43. The molecule has 0 atom stereocenters. The molecule has 2 aromatic carbocycles. The number of carbonyl (C=O) groups excluding carboxylic acids is 2. The highest BCUT2D eigenvalue weighted by Crippen LogP contribution is 2.20. The number of aromatic nitrogens is 3. The number of halogens is 1. The van der Waals surface area contributed by atoms with Crippen LogP contribution in [0, 0.1) is 0 Å². The zero-order valence-corrected chi connectivity index (χ0v) is 17.6. The highest BCUT2D eigenvalue weighted by molar-refractivity contribution is 6.30. The van der Waals surface area contributed by atoms with E-state index in [2.05, 4.69) is 20.9 Å². The minimum atomic E-state index is -0.482. The number of aliphatic hydroxyl groups is 1. The first kappa shape index (κ1) is 22.3. The lowest BCUT2D eigenvalue weighted by Crippen LogP contribution is -2.28. The summed E-state index contributed by atoms with van der Waals surface area (Å²) in [6.07, 6.45) is 0. The average molecular weight is 444 g/mol. The van der Waals surface area contributed by atoms with Gasteiger partial charge in [0.25, 0.3) is 11.8 Å². The maximum absolute atomic E-state index is 12.5. The fraction of sp³-hybridized carbons (Fsp3) is 0.238. The second kappa shape index (κ2) is 10.6. The molecule has 162 valence electrons. The fourth-order valence-corrected chi connectivity index (χ4v) is 2.97. The van der Waals surface area contributed by atoms with Gasteiger partial charge in [0, 0.05) is 23.7 Å². The maximum atomic E-state index is 12.5. The van der Waals surface area contributed by atoms with Crippen molar-refractivity contribution in [1.82, 2.24) is 25.6 Å². The number of hydrogen-bond donors (Lipinski definition) is 3. The van der Waals surface area contributed by atoms with E-state index >= 15 is 0 Å². The SMILES string of the molecule is CCNC(=O)c1ccc(-n2nnc(C(=O)NCCO)c2COc2cccc(Cl)c2)cc1. The van der Waals surface area contributed by atoms with Crippen molar-refractivity contribution < 1.29 is 19.4 Å². The molecule has 2 amide bonds. The van der Waals surface area contributed by atoms with Crippen molar-refractivity contribution in [1.29, 1.82) is 0 Å². The third-order valence-electron chi connectivity index (χ3n) is 4.26. The van der Waals surface area contributed by atoms with E-state index in [0.717, 1.165) is 0 Å². The molecule has 9 nitrogen and oxygen atoms in total. The zero-order chi connectivity index (χ0) is 22.2. The van der Waals surface area contributed by atoms with Gasteiger partial charge in [0.2, 0.25) is 0 Å². The van der Waals surface area contributed by atoms with Crippen LogP contribution >= 0.6 is 11.6 Å². The molecule has 0 saturated heterocycles. The molecule has 0 unspecified atom stereocenters. The van der Waals surface area contributed by atoms with Crippen LogP contribution in [0.1, 0.15) is 33.5 Å². The van der Waals surface area contributed by atoms with Crippen molar-refractivity contribution >= 4 is 23.4 Å². The van der Waals surface area contributed by atoms with Gasteiger partial charge in [-0.25, -0.2) is 4.68 Å². The quantitative estimate of drug-likeness (QED) is 0.465. The van der Waals surface area contributed by atoms with Gasteiger partial charge in [0.1, 0.15) is 18.1 Å². The predicted octanol–water partition coefficient (Wildman–Crippen LogP) is 1.97.